The van der Waals surface area contributed by atoms with Gasteiger partial charge in [-0.2, -0.15) is 4.98 Å². The Morgan fingerprint density at radius 2 is 1.95 bits per heavy atom. The molecule has 1 aromatic rings. The number of rotatable bonds is 4. The van der Waals surface area contributed by atoms with Crippen molar-refractivity contribution < 1.29 is 4.74 Å². The van der Waals surface area contributed by atoms with E-state index in [0.717, 1.165) is 5.82 Å². The molecule has 4 nitrogen and oxygen atoms in total. The molecule has 0 spiro atoms. The smallest absolute Gasteiger partial charge is 0.239 e. The average Bonchev–Trinajstić information content (AvgIpc) is 2.35. The first kappa shape index (κ1) is 14.9. The standard InChI is InChI=1S/C16H27N3O/c1-11(2)20-15-13(17)5-6-14(19-15)18-12-7-9-16(3,4)10-8-12/h5-6,11-12H,7-10,17H2,1-4H3,(H,18,19). The number of anilines is 2. The van der Waals surface area contributed by atoms with Crippen LogP contribution in [0, 0.1) is 5.41 Å². The summed E-state index contributed by atoms with van der Waals surface area (Å²) in [5.74, 6) is 1.39. The Morgan fingerprint density at radius 1 is 1.30 bits per heavy atom. The molecular formula is C16H27N3O. The van der Waals surface area contributed by atoms with Crippen LogP contribution in [-0.2, 0) is 0 Å². The van der Waals surface area contributed by atoms with Crippen LogP contribution in [-0.4, -0.2) is 17.1 Å². The van der Waals surface area contributed by atoms with Crippen LogP contribution < -0.4 is 15.8 Å². The number of pyridine rings is 1. The molecule has 3 N–H and O–H groups in total. The first-order valence-electron chi connectivity index (χ1n) is 7.55. The SMILES string of the molecule is CC(C)Oc1nc(NC2CCC(C)(C)CC2)ccc1N. The number of nitrogens with two attached hydrogens (primary N) is 1. The van der Waals surface area contributed by atoms with E-state index in [9.17, 15) is 0 Å². The fraction of sp³-hybridized carbons (Fsp3) is 0.688. The van der Waals surface area contributed by atoms with Gasteiger partial charge >= 0.3 is 0 Å². The van der Waals surface area contributed by atoms with Gasteiger partial charge in [-0.3, -0.25) is 0 Å². The highest BCUT2D eigenvalue weighted by atomic mass is 16.5. The largest absolute Gasteiger partial charge is 0.473 e. The summed E-state index contributed by atoms with van der Waals surface area (Å²) in [6, 6.07) is 4.30. The van der Waals surface area contributed by atoms with E-state index in [1.165, 1.54) is 25.7 Å². The molecule has 0 aliphatic heterocycles. The number of aromatic nitrogens is 1. The van der Waals surface area contributed by atoms with Gasteiger partial charge in [0, 0.05) is 6.04 Å². The summed E-state index contributed by atoms with van der Waals surface area (Å²) < 4.78 is 5.63. The lowest BCUT2D eigenvalue weighted by atomic mass is 9.75. The fourth-order valence-electron chi connectivity index (χ4n) is 2.60. The van der Waals surface area contributed by atoms with Gasteiger partial charge in [-0.1, -0.05) is 13.8 Å². The summed E-state index contributed by atoms with van der Waals surface area (Å²) in [5.41, 5.74) is 6.97. The quantitative estimate of drug-likeness (QED) is 0.878. The summed E-state index contributed by atoms with van der Waals surface area (Å²) >= 11 is 0. The van der Waals surface area contributed by atoms with Crippen LogP contribution in [0.15, 0.2) is 12.1 Å². The number of ether oxygens (including phenoxy) is 1. The molecule has 1 fully saturated rings. The minimum absolute atomic E-state index is 0.0792. The molecule has 1 saturated carbocycles. The summed E-state index contributed by atoms with van der Waals surface area (Å²) in [7, 11) is 0. The topological polar surface area (TPSA) is 60.2 Å². The molecule has 20 heavy (non-hydrogen) atoms. The number of hydrogen-bond acceptors (Lipinski definition) is 4. The Bertz CT molecular complexity index is 447. The lowest BCUT2D eigenvalue weighted by molar-refractivity contribution is 0.230. The van der Waals surface area contributed by atoms with Gasteiger partial charge < -0.3 is 15.8 Å². The second-order valence-electron chi connectivity index (χ2n) is 6.84. The Kier molecular flexibility index (Phi) is 4.41. The number of nitrogen functional groups attached to an aromatic ring is 1. The van der Waals surface area contributed by atoms with Gasteiger partial charge in [0.2, 0.25) is 5.88 Å². The van der Waals surface area contributed by atoms with E-state index in [1.807, 2.05) is 26.0 Å². The van der Waals surface area contributed by atoms with E-state index >= 15 is 0 Å². The van der Waals surface area contributed by atoms with Crippen molar-refractivity contribution in [3.8, 4) is 5.88 Å². The summed E-state index contributed by atoms with van der Waals surface area (Å²) in [4.78, 5) is 4.48. The van der Waals surface area contributed by atoms with E-state index in [0.29, 0.717) is 23.0 Å². The minimum Gasteiger partial charge on any atom is -0.473 e. The molecule has 1 aromatic heterocycles. The van der Waals surface area contributed by atoms with Crippen molar-refractivity contribution >= 4 is 11.5 Å². The van der Waals surface area contributed by atoms with E-state index < -0.39 is 0 Å². The van der Waals surface area contributed by atoms with Crippen molar-refractivity contribution in [1.82, 2.24) is 4.98 Å². The Labute approximate surface area is 122 Å². The van der Waals surface area contributed by atoms with E-state index in [2.05, 4.69) is 24.1 Å². The average molecular weight is 277 g/mol. The zero-order valence-electron chi connectivity index (χ0n) is 13.1. The second kappa shape index (κ2) is 5.90. The molecule has 1 aliphatic rings. The third-order valence-corrected chi connectivity index (χ3v) is 3.93. The van der Waals surface area contributed by atoms with Crippen LogP contribution in [0.5, 0.6) is 5.88 Å². The van der Waals surface area contributed by atoms with Crippen LogP contribution >= 0.6 is 0 Å². The molecule has 0 amide bonds. The maximum absolute atomic E-state index is 5.89. The van der Waals surface area contributed by atoms with Crippen molar-refractivity contribution in [1.29, 1.82) is 0 Å². The molecule has 0 aromatic carbocycles. The summed E-state index contributed by atoms with van der Waals surface area (Å²) in [5, 5.41) is 3.51. The predicted octanol–water partition coefficient (Wildman–Crippen LogP) is 3.83. The van der Waals surface area contributed by atoms with Gasteiger partial charge in [0.1, 0.15) is 5.82 Å². The highest BCUT2D eigenvalue weighted by Crippen LogP contribution is 2.36. The number of nitrogens with zero attached hydrogens (tertiary/aromatic N) is 1. The fourth-order valence-corrected chi connectivity index (χ4v) is 2.60. The van der Waals surface area contributed by atoms with Gasteiger partial charge in [-0.25, -0.2) is 0 Å². The predicted molar refractivity (Wildman–Crippen MR) is 84.1 cm³/mol. The zero-order valence-corrected chi connectivity index (χ0v) is 13.1. The van der Waals surface area contributed by atoms with E-state index in [4.69, 9.17) is 10.5 Å². The molecule has 1 aliphatic carbocycles. The zero-order chi connectivity index (χ0) is 14.8. The van der Waals surface area contributed by atoms with Gasteiger partial charge in [-0.05, 0) is 57.1 Å². The molecule has 1 heterocycles. The maximum atomic E-state index is 5.89. The van der Waals surface area contributed by atoms with Crippen molar-refractivity contribution in [3.05, 3.63) is 12.1 Å². The van der Waals surface area contributed by atoms with Crippen molar-refractivity contribution in [3.63, 3.8) is 0 Å². The molecule has 0 unspecified atom stereocenters. The van der Waals surface area contributed by atoms with Crippen LogP contribution in [0.2, 0.25) is 0 Å². The first-order valence-corrected chi connectivity index (χ1v) is 7.55. The van der Waals surface area contributed by atoms with Gasteiger partial charge in [0.25, 0.3) is 0 Å². The second-order valence-corrected chi connectivity index (χ2v) is 6.84. The normalized spacial score (nSPS) is 19.1. The Morgan fingerprint density at radius 3 is 2.55 bits per heavy atom. The molecule has 0 radical (unpaired) electrons. The highest BCUT2D eigenvalue weighted by molar-refractivity contribution is 5.54. The van der Waals surface area contributed by atoms with Gasteiger partial charge in [0.05, 0.1) is 11.8 Å². The highest BCUT2D eigenvalue weighted by Gasteiger charge is 2.26. The molecule has 0 bridgehead atoms. The van der Waals surface area contributed by atoms with Gasteiger partial charge in [-0.15, -0.1) is 0 Å². The number of nitrogens with one attached hydrogen (secondary N) is 1. The minimum atomic E-state index is 0.0792. The Balaban J connectivity index is 1.99. The third-order valence-electron chi connectivity index (χ3n) is 3.93. The van der Waals surface area contributed by atoms with Crippen molar-refractivity contribution in [2.24, 2.45) is 5.41 Å². The van der Waals surface area contributed by atoms with E-state index in [-0.39, 0.29) is 6.10 Å². The van der Waals surface area contributed by atoms with Crippen molar-refractivity contribution in [2.45, 2.75) is 65.5 Å². The first-order chi connectivity index (χ1) is 9.35. The summed E-state index contributed by atoms with van der Waals surface area (Å²) in [6.45, 7) is 8.65. The maximum Gasteiger partial charge on any atom is 0.239 e. The lowest BCUT2D eigenvalue weighted by Gasteiger charge is -2.34. The lowest BCUT2D eigenvalue weighted by Crippen LogP contribution is -2.30. The molecule has 112 valence electrons. The van der Waals surface area contributed by atoms with E-state index in [1.54, 1.807) is 0 Å². The third kappa shape index (κ3) is 4.02. The Hall–Kier alpha value is -1.45. The molecule has 0 atom stereocenters. The van der Waals surface area contributed by atoms with Gasteiger partial charge in [0.15, 0.2) is 0 Å². The molecule has 4 heteroatoms. The molecule has 0 saturated heterocycles. The number of hydrogen-bond donors (Lipinski definition) is 2. The monoisotopic (exact) mass is 277 g/mol. The van der Waals surface area contributed by atoms with Crippen LogP contribution in [0.25, 0.3) is 0 Å². The molecule has 2 rings (SSSR count). The van der Waals surface area contributed by atoms with Crippen LogP contribution in [0.3, 0.4) is 0 Å². The van der Waals surface area contributed by atoms with Crippen LogP contribution in [0.4, 0.5) is 11.5 Å². The van der Waals surface area contributed by atoms with Crippen molar-refractivity contribution in [2.75, 3.05) is 11.1 Å². The summed E-state index contributed by atoms with van der Waals surface area (Å²) in [6.07, 6.45) is 4.98. The molecular weight excluding hydrogens is 250 g/mol. The van der Waals surface area contributed by atoms with Crippen LogP contribution in [0.1, 0.15) is 53.4 Å².